The zero-order valence-corrected chi connectivity index (χ0v) is 30.9. The summed E-state index contributed by atoms with van der Waals surface area (Å²) in [5.74, 6) is -0.956. The molecule has 3 N–H and O–H groups in total. The van der Waals surface area contributed by atoms with Crippen LogP contribution in [0, 0.1) is 0 Å². The minimum absolute atomic E-state index is 0.190. The molecule has 0 radical (unpaired) electrons. The number of carbonyl (C=O) groups excluding carboxylic acids is 2. The monoisotopic (exact) mass is 694 g/mol. The summed E-state index contributed by atoms with van der Waals surface area (Å²) in [7, 11) is -4.58. The summed E-state index contributed by atoms with van der Waals surface area (Å²) in [4.78, 5) is 34.1. The molecule has 0 spiro atoms. The van der Waals surface area contributed by atoms with Crippen molar-refractivity contribution in [2.75, 3.05) is 26.4 Å². The van der Waals surface area contributed by atoms with E-state index >= 15 is 0 Å². The Labute approximate surface area is 286 Å². The van der Waals surface area contributed by atoms with Crippen LogP contribution in [0.5, 0.6) is 0 Å². The van der Waals surface area contributed by atoms with Gasteiger partial charge in [0.05, 0.1) is 19.8 Å². The van der Waals surface area contributed by atoms with Gasteiger partial charge in [-0.3, -0.25) is 18.6 Å². The number of hydrogen-bond donors (Lipinski definition) is 3. The van der Waals surface area contributed by atoms with Crippen molar-refractivity contribution in [3.05, 3.63) is 0 Å². The lowest BCUT2D eigenvalue weighted by Gasteiger charge is -2.20. The molecule has 3 atom stereocenters. The number of carbonyl (C=O) groups is 2. The third kappa shape index (κ3) is 33.3. The molecule has 47 heavy (non-hydrogen) atoms. The van der Waals surface area contributed by atoms with Crippen molar-refractivity contribution < 1.29 is 47.8 Å². The summed E-state index contributed by atoms with van der Waals surface area (Å²) in [6.07, 6.45) is 27.9. The van der Waals surface area contributed by atoms with Crippen molar-refractivity contribution in [2.24, 2.45) is 0 Å². The van der Waals surface area contributed by atoms with Crippen LogP contribution < -0.4 is 0 Å². The molecule has 0 aliphatic rings. The second kappa shape index (κ2) is 33.5. The lowest BCUT2D eigenvalue weighted by atomic mass is 10.0. The van der Waals surface area contributed by atoms with E-state index in [-0.39, 0.29) is 19.4 Å². The maximum atomic E-state index is 12.4. The molecular weight excluding hydrogens is 623 g/mol. The second-order valence-electron chi connectivity index (χ2n) is 13.0. The summed E-state index contributed by atoms with van der Waals surface area (Å²) >= 11 is 0. The van der Waals surface area contributed by atoms with E-state index in [1.54, 1.807) is 0 Å². The number of aliphatic hydroxyl groups is 2. The number of unbranched alkanes of at least 4 members (excludes halogenated alkanes) is 22. The topological polar surface area (TPSA) is 149 Å². The Morgan fingerprint density at radius 1 is 0.553 bits per heavy atom. The SMILES string of the molecule is CCCCCCCCCCCCCCCCCCCCCCCCC(=O)OC(COC(=O)CCCC)COP(=O)(O)OCC(O)CO. The van der Waals surface area contributed by atoms with Crippen LogP contribution in [-0.2, 0) is 32.7 Å². The molecule has 0 fully saturated rings. The van der Waals surface area contributed by atoms with Gasteiger partial charge in [0, 0.05) is 12.8 Å². The molecule has 0 aromatic heterocycles. The Morgan fingerprint density at radius 3 is 1.36 bits per heavy atom. The Kier molecular flexibility index (Phi) is 32.7. The molecule has 10 nitrogen and oxygen atoms in total. The van der Waals surface area contributed by atoms with E-state index < -0.39 is 51.8 Å². The summed E-state index contributed by atoms with van der Waals surface area (Å²) < 4.78 is 32.1. The molecule has 0 aromatic rings. The van der Waals surface area contributed by atoms with Crippen LogP contribution in [0.2, 0.25) is 0 Å². The fourth-order valence-electron chi connectivity index (χ4n) is 5.27. The first-order valence-corrected chi connectivity index (χ1v) is 20.5. The number of esters is 2. The summed E-state index contributed by atoms with van der Waals surface area (Å²) in [5.41, 5.74) is 0. The zero-order chi connectivity index (χ0) is 34.9. The Balaban J connectivity index is 3.90. The number of phosphoric ester groups is 1. The highest BCUT2D eigenvalue weighted by Gasteiger charge is 2.27. The molecule has 0 amide bonds. The lowest BCUT2D eigenvalue weighted by Crippen LogP contribution is -2.29. The average molecular weight is 695 g/mol. The number of aliphatic hydroxyl groups excluding tert-OH is 2. The van der Waals surface area contributed by atoms with Crippen LogP contribution in [0.3, 0.4) is 0 Å². The average Bonchev–Trinajstić information content (AvgIpc) is 3.06. The lowest BCUT2D eigenvalue weighted by molar-refractivity contribution is -0.161. The molecule has 280 valence electrons. The van der Waals surface area contributed by atoms with Crippen molar-refractivity contribution in [2.45, 2.75) is 193 Å². The highest BCUT2D eigenvalue weighted by Crippen LogP contribution is 2.43. The van der Waals surface area contributed by atoms with Crippen molar-refractivity contribution in [3.63, 3.8) is 0 Å². The first-order valence-electron chi connectivity index (χ1n) is 19.0. The van der Waals surface area contributed by atoms with Crippen molar-refractivity contribution in [3.8, 4) is 0 Å². The maximum Gasteiger partial charge on any atom is 0.472 e. The van der Waals surface area contributed by atoms with Crippen LogP contribution in [0.25, 0.3) is 0 Å². The van der Waals surface area contributed by atoms with E-state index in [4.69, 9.17) is 19.1 Å². The van der Waals surface area contributed by atoms with E-state index in [0.29, 0.717) is 12.8 Å². The molecule has 0 heterocycles. The van der Waals surface area contributed by atoms with Crippen LogP contribution in [-0.4, -0.2) is 65.7 Å². The standard InChI is InChI=1S/C36H71O10P/c1-3-5-7-8-9-10-11-12-13-14-15-16-17-18-19-20-21-22-23-24-25-26-28-36(40)46-34(31-43-35(39)27-6-4-2)32-45-47(41,42)44-30-33(38)29-37/h33-34,37-38H,3-32H2,1-2H3,(H,41,42). The van der Waals surface area contributed by atoms with Crippen molar-refractivity contribution in [1.82, 2.24) is 0 Å². The van der Waals surface area contributed by atoms with Gasteiger partial charge in [0.25, 0.3) is 0 Å². The fraction of sp³-hybridized carbons (Fsp3) is 0.944. The number of ether oxygens (including phenoxy) is 2. The van der Waals surface area contributed by atoms with Crippen LogP contribution in [0.4, 0.5) is 0 Å². The molecule has 11 heteroatoms. The summed E-state index contributed by atoms with van der Waals surface area (Å²) in [6.45, 7) is 2.12. The van der Waals surface area contributed by atoms with Gasteiger partial charge in [-0.2, -0.15) is 0 Å². The molecule has 0 aliphatic heterocycles. The van der Waals surface area contributed by atoms with E-state index in [2.05, 4.69) is 11.4 Å². The summed E-state index contributed by atoms with van der Waals surface area (Å²) in [6, 6.07) is 0. The molecule has 3 unspecified atom stereocenters. The van der Waals surface area contributed by atoms with Gasteiger partial charge < -0.3 is 24.6 Å². The van der Waals surface area contributed by atoms with Gasteiger partial charge in [0.1, 0.15) is 12.7 Å². The second-order valence-corrected chi connectivity index (χ2v) is 14.4. The number of hydrogen-bond acceptors (Lipinski definition) is 9. The molecule has 0 saturated heterocycles. The maximum absolute atomic E-state index is 12.4. The largest absolute Gasteiger partial charge is 0.472 e. The van der Waals surface area contributed by atoms with Gasteiger partial charge in [-0.25, -0.2) is 4.57 Å². The zero-order valence-electron chi connectivity index (χ0n) is 30.0. The fourth-order valence-corrected chi connectivity index (χ4v) is 6.06. The third-order valence-electron chi connectivity index (χ3n) is 8.26. The number of rotatable bonds is 36. The highest BCUT2D eigenvalue weighted by molar-refractivity contribution is 7.47. The first-order chi connectivity index (χ1) is 22.7. The Bertz CT molecular complexity index is 766. The highest BCUT2D eigenvalue weighted by atomic mass is 31.2. The van der Waals surface area contributed by atoms with Crippen LogP contribution in [0.1, 0.15) is 181 Å². The minimum Gasteiger partial charge on any atom is -0.462 e. The van der Waals surface area contributed by atoms with Gasteiger partial charge >= 0.3 is 19.8 Å². The number of phosphoric acid groups is 1. The van der Waals surface area contributed by atoms with Gasteiger partial charge in [0.2, 0.25) is 0 Å². The van der Waals surface area contributed by atoms with E-state index in [0.717, 1.165) is 25.7 Å². The normalized spacial score (nSPS) is 14.1. The van der Waals surface area contributed by atoms with E-state index in [1.165, 1.54) is 116 Å². The van der Waals surface area contributed by atoms with Gasteiger partial charge in [0.15, 0.2) is 6.10 Å². The molecule has 0 saturated carbocycles. The summed E-state index contributed by atoms with van der Waals surface area (Å²) in [5, 5.41) is 18.1. The van der Waals surface area contributed by atoms with Gasteiger partial charge in [-0.05, 0) is 12.8 Å². The Hall–Kier alpha value is -1.03. The van der Waals surface area contributed by atoms with Crippen LogP contribution >= 0.6 is 7.82 Å². The molecule has 0 bridgehead atoms. The molecule has 0 rings (SSSR count). The Morgan fingerprint density at radius 2 is 0.936 bits per heavy atom. The van der Waals surface area contributed by atoms with E-state index in [1.807, 2.05) is 6.92 Å². The minimum atomic E-state index is -4.58. The van der Waals surface area contributed by atoms with Crippen molar-refractivity contribution >= 4 is 19.8 Å². The van der Waals surface area contributed by atoms with E-state index in [9.17, 15) is 24.2 Å². The first kappa shape index (κ1) is 46.0. The molecule has 0 aliphatic carbocycles. The predicted molar refractivity (Wildman–Crippen MR) is 187 cm³/mol. The van der Waals surface area contributed by atoms with Gasteiger partial charge in [-0.15, -0.1) is 0 Å². The predicted octanol–water partition coefficient (Wildman–Crippen LogP) is 9.11. The smallest absolute Gasteiger partial charge is 0.462 e. The third-order valence-corrected chi connectivity index (χ3v) is 9.21. The molecule has 0 aromatic carbocycles. The quantitative estimate of drug-likeness (QED) is 0.0329. The van der Waals surface area contributed by atoms with Crippen LogP contribution in [0.15, 0.2) is 0 Å². The van der Waals surface area contributed by atoms with Gasteiger partial charge in [-0.1, -0.05) is 155 Å². The van der Waals surface area contributed by atoms with Crippen molar-refractivity contribution in [1.29, 1.82) is 0 Å². The molecular formula is C36H71O10P.